The number of para-hydroxylation sites is 2. The Morgan fingerprint density at radius 3 is 2.28 bits per heavy atom. The van der Waals surface area contributed by atoms with Gasteiger partial charge in [0.05, 0.1) is 12.7 Å². The lowest BCUT2D eigenvalue weighted by atomic mass is 10.2. The molecule has 2 aromatic rings. The van der Waals surface area contributed by atoms with Gasteiger partial charge in [0.1, 0.15) is 12.4 Å². The molecule has 0 aliphatic rings. The standard InChI is InChI=1S/C19H23NO5/c1-19(2,22)13-25-15-10-8-14(9-11-15)20-18(21)12-24-17-7-5-4-6-16(17)23-3/h4-11,22H,12-13H2,1-3H3,(H,20,21). The van der Waals surface area contributed by atoms with Gasteiger partial charge in [-0.15, -0.1) is 0 Å². The lowest BCUT2D eigenvalue weighted by molar-refractivity contribution is -0.118. The van der Waals surface area contributed by atoms with E-state index in [2.05, 4.69) is 5.32 Å². The van der Waals surface area contributed by atoms with Crippen molar-refractivity contribution in [1.82, 2.24) is 0 Å². The highest BCUT2D eigenvalue weighted by Crippen LogP contribution is 2.25. The third-order valence-corrected chi connectivity index (χ3v) is 3.16. The van der Waals surface area contributed by atoms with Crippen molar-refractivity contribution in [3.05, 3.63) is 48.5 Å². The second-order valence-corrected chi connectivity index (χ2v) is 6.11. The van der Waals surface area contributed by atoms with E-state index in [1.807, 2.05) is 12.1 Å². The summed E-state index contributed by atoms with van der Waals surface area (Å²) in [5, 5.41) is 12.4. The molecule has 0 aliphatic carbocycles. The lowest BCUT2D eigenvalue weighted by Crippen LogP contribution is -2.27. The van der Waals surface area contributed by atoms with E-state index in [-0.39, 0.29) is 19.1 Å². The maximum Gasteiger partial charge on any atom is 0.262 e. The summed E-state index contributed by atoms with van der Waals surface area (Å²) >= 11 is 0. The molecule has 0 saturated heterocycles. The highest BCUT2D eigenvalue weighted by Gasteiger charge is 2.13. The number of hydrogen-bond donors (Lipinski definition) is 2. The molecular weight excluding hydrogens is 322 g/mol. The van der Waals surface area contributed by atoms with Crippen LogP contribution >= 0.6 is 0 Å². The number of nitrogens with one attached hydrogen (secondary N) is 1. The molecule has 0 aromatic heterocycles. The third-order valence-electron chi connectivity index (χ3n) is 3.16. The van der Waals surface area contributed by atoms with Crippen LogP contribution in [-0.4, -0.2) is 36.9 Å². The van der Waals surface area contributed by atoms with Gasteiger partial charge in [0, 0.05) is 5.69 Å². The minimum Gasteiger partial charge on any atom is -0.493 e. The van der Waals surface area contributed by atoms with Crippen LogP contribution in [0.25, 0.3) is 0 Å². The molecule has 0 radical (unpaired) electrons. The summed E-state index contributed by atoms with van der Waals surface area (Å²) in [4.78, 5) is 12.0. The fourth-order valence-corrected chi connectivity index (χ4v) is 1.97. The Labute approximate surface area is 147 Å². The average Bonchev–Trinajstić information content (AvgIpc) is 2.59. The maximum atomic E-state index is 12.0. The molecule has 0 atom stereocenters. The van der Waals surface area contributed by atoms with Crippen molar-refractivity contribution in [3.8, 4) is 17.2 Å². The second-order valence-electron chi connectivity index (χ2n) is 6.11. The smallest absolute Gasteiger partial charge is 0.262 e. The van der Waals surface area contributed by atoms with Gasteiger partial charge in [0.25, 0.3) is 5.91 Å². The van der Waals surface area contributed by atoms with E-state index in [1.165, 1.54) is 0 Å². The van der Waals surface area contributed by atoms with Gasteiger partial charge in [0.2, 0.25) is 0 Å². The Morgan fingerprint density at radius 2 is 1.68 bits per heavy atom. The number of amides is 1. The molecule has 0 saturated carbocycles. The summed E-state index contributed by atoms with van der Waals surface area (Å²) in [6.45, 7) is 3.40. The first kappa shape index (κ1) is 18.6. The summed E-state index contributed by atoms with van der Waals surface area (Å²) < 4.78 is 16.1. The van der Waals surface area contributed by atoms with Crippen molar-refractivity contribution in [1.29, 1.82) is 0 Å². The van der Waals surface area contributed by atoms with Crippen LogP contribution in [0.3, 0.4) is 0 Å². The number of rotatable bonds is 8. The van der Waals surface area contributed by atoms with E-state index >= 15 is 0 Å². The fraction of sp³-hybridized carbons (Fsp3) is 0.316. The van der Waals surface area contributed by atoms with Gasteiger partial charge in [-0.3, -0.25) is 4.79 Å². The molecule has 0 spiro atoms. The van der Waals surface area contributed by atoms with Gasteiger partial charge in [-0.05, 0) is 50.2 Å². The van der Waals surface area contributed by atoms with Crippen LogP contribution < -0.4 is 19.5 Å². The van der Waals surface area contributed by atoms with Crippen LogP contribution in [0.15, 0.2) is 48.5 Å². The number of benzene rings is 2. The van der Waals surface area contributed by atoms with E-state index in [1.54, 1.807) is 57.4 Å². The van der Waals surface area contributed by atoms with E-state index < -0.39 is 5.60 Å². The van der Waals surface area contributed by atoms with Crippen LogP contribution in [0.2, 0.25) is 0 Å². The van der Waals surface area contributed by atoms with Crippen molar-refractivity contribution in [3.63, 3.8) is 0 Å². The summed E-state index contributed by atoms with van der Waals surface area (Å²) in [7, 11) is 1.55. The number of carbonyl (C=O) groups is 1. The molecule has 6 heteroatoms. The largest absolute Gasteiger partial charge is 0.493 e. The molecule has 2 aromatic carbocycles. The topological polar surface area (TPSA) is 77.0 Å². The Balaban J connectivity index is 1.84. The van der Waals surface area contributed by atoms with Crippen molar-refractivity contribution in [2.75, 3.05) is 25.6 Å². The first-order valence-corrected chi connectivity index (χ1v) is 7.88. The molecule has 25 heavy (non-hydrogen) atoms. The molecular formula is C19H23NO5. The number of aliphatic hydroxyl groups is 1. The predicted octanol–water partition coefficient (Wildman–Crippen LogP) is 2.86. The highest BCUT2D eigenvalue weighted by atomic mass is 16.5. The van der Waals surface area contributed by atoms with Gasteiger partial charge >= 0.3 is 0 Å². The van der Waals surface area contributed by atoms with Crippen LogP contribution in [0, 0.1) is 0 Å². The fourth-order valence-electron chi connectivity index (χ4n) is 1.97. The van der Waals surface area contributed by atoms with Crippen molar-refractivity contribution >= 4 is 11.6 Å². The minimum atomic E-state index is -0.900. The van der Waals surface area contributed by atoms with E-state index in [4.69, 9.17) is 14.2 Å². The van der Waals surface area contributed by atoms with Crippen LogP contribution in [0.5, 0.6) is 17.2 Å². The molecule has 2 rings (SSSR count). The zero-order chi connectivity index (χ0) is 18.3. The Bertz CT molecular complexity index is 692. The minimum absolute atomic E-state index is 0.128. The van der Waals surface area contributed by atoms with Crippen LogP contribution in [0.4, 0.5) is 5.69 Å². The molecule has 2 N–H and O–H groups in total. The molecule has 1 amide bonds. The second kappa shape index (κ2) is 8.39. The quantitative estimate of drug-likeness (QED) is 0.769. The normalized spacial score (nSPS) is 10.9. The number of carbonyl (C=O) groups excluding carboxylic acids is 1. The predicted molar refractivity (Wildman–Crippen MR) is 95.4 cm³/mol. The van der Waals surface area contributed by atoms with Crippen molar-refractivity contribution < 1.29 is 24.1 Å². The SMILES string of the molecule is COc1ccccc1OCC(=O)Nc1ccc(OCC(C)(C)O)cc1. The van der Waals surface area contributed by atoms with Gasteiger partial charge in [0.15, 0.2) is 18.1 Å². The van der Waals surface area contributed by atoms with Crippen molar-refractivity contribution in [2.45, 2.75) is 19.4 Å². The third kappa shape index (κ3) is 6.35. The number of methoxy groups -OCH3 is 1. The summed E-state index contributed by atoms with van der Waals surface area (Å²) in [6, 6.07) is 14.0. The van der Waals surface area contributed by atoms with E-state index in [0.717, 1.165) is 0 Å². The van der Waals surface area contributed by atoms with Gasteiger partial charge < -0.3 is 24.6 Å². The maximum absolute atomic E-state index is 12.0. The first-order chi connectivity index (χ1) is 11.9. The molecule has 0 heterocycles. The van der Waals surface area contributed by atoms with Crippen molar-refractivity contribution in [2.24, 2.45) is 0 Å². The number of anilines is 1. The monoisotopic (exact) mass is 345 g/mol. The molecule has 0 aliphatic heterocycles. The molecule has 0 fully saturated rings. The Morgan fingerprint density at radius 1 is 1.04 bits per heavy atom. The summed E-state index contributed by atoms with van der Waals surface area (Å²) in [5.41, 5.74) is -0.271. The lowest BCUT2D eigenvalue weighted by Gasteiger charge is -2.17. The Kier molecular flexibility index (Phi) is 6.25. The number of ether oxygens (including phenoxy) is 3. The Hall–Kier alpha value is -2.73. The van der Waals surface area contributed by atoms with Crippen LogP contribution in [-0.2, 0) is 4.79 Å². The summed E-state index contributed by atoms with van der Waals surface area (Å²) in [6.07, 6.45) is 0. The van der Waals surface area contributed by atoms with Gasteiger partial charge in [-0.1, -0.05) is 12.1 Å². The molecule has 0 bridgehead atoms. The zero-order valence-electron chi connectivity index (χ0n) is 14.6. The molecule has 0 unspecified atom stereocenters. The number of hydrogen-bond acceptors (Lipinski definition) is 5. The van der Waals surface area contributed by atoms with E-state index in [9.17, 15) is 9.90 Å². The average molecular weight is 345 g/mol. The van der Waals surface area contributed by atoms with E-state index in [0.29, 0.717) is 22.9 Å². The molecule has 134 valence electrons. The van der Waals surface area contributed by atoms with Crippen LogP contribution in [0.1, 0.15) is 13.8 Å². The van der Waals surface area contributed by atoms with Gasteiger partial charge in [-0.25, -0.2) is 0 Å². The zero-order valence-corrected chi connectivity index (χ0v) is 14.6. The molecule has 6 nitrogen and oxygen atoms in total. The first-order valence-electron chi connectivity index (χ1n) is 7.88. The summed E-state index contributed by atoms with van der Waals surface area (Å²) in [5.74, 6) is 1.42. The van der Waals surface area contributed by atoms with Gasteiger partial charge in [-0.2, -0.15) is 0 Å². The highest BCUT2D eigenvalue weighted by molar-refractivity contribution is 5.91.